The number of aryl methyl sites for hydroxylation is 2. The number of hydrogen-bond acceptors (Lipinski definition) is 3. The molecule has 0 saturated heterocycles. The standard InChI is InChI=1S/C22H28N2O2/c1-17-5-3-7-19(13-17)15-24(20-9-10-20)16-22(25)23-11-12-26-21-8-4-6-18(2)14-21/h3-8,13-14,20H,9-12,15-16H2,1-2H3,(H,23,25). The quantitative estimate of drug-likeness (QED) is 0.703. The monoisotopic (exact) mass is 352 g/mol. The maximum absolute atomic E-state index is 12.3. The molecule has 1 fully saturated rings. The van der Waals surface area contributed by atoms with Crippen LogP contribution >= 0.6 is 0 Å². The van der Waals surface area contributed by atoms with Gasteiger partial charge in [0.2, 0.25) is 5.91 Å². The summed E-state index contributed by atoms with van der Waals surface area (Å²) in [7, 11) is 0. The Morgan fingerprint density at radius 1 is 1.12 bits per heavy atom. The first-order valence-electron chi connectivity index (χ1n) is 9.36. The Balaban J connectivity index is 1.42. The Kier molecular flexibility index (Phi) is 6.29. The molecular formula is C22H28N2O2. The fourth-order valence-electron chi connectivity index (χ4n) is 3.10. The van der Waals surface area contributed by atoms with Gasteiger partial charge in [0.05, 0.1) is 13.1 Å². The van der Waals surface area contributed by atoms with Gasteiger partial charge in [0, 0.05) is 12.6 Å². The zero-order chi connectivity index (χ0) is 18.4. The Bertz CT molecular complexity index is 740. The molecule has 4 heteroatoms. The van der Waals surface area contributed by atoms with E-state index in [9.17, 15) is 4.79 Å². The molecule has 1 aliphatic rings. The average molecular weight is 352 g/mol. The number of carbonyl (C=O) groups is 1. The zero-order valence-corrected chi connectivity index (χ0v) is 15.7. The number of benzene rings is 2. The van der Waals surface area contributed by atoms with Crippen LogP contribution in [0.3, 0.4) is 0 Å². The number of carbonyl (C=O) groups excluding carboxylic acids is 1. The molecule has 26 heavy (non-hydrogen) atoms. The third-order valence-corrected chi connectivity index (χ3v) is 4.56. The van der Waals surface area contributed by atoms with Crippen molar-refractivity contribution in [2.75, 3.05) is 19.7 Å². The van der Waals surface area contributed by atoms with Gasteiger partial charge in [-0.1, -0.05) is 42.0 Å². The first kappa shape index (κ1) is 18.5. The molecule has 0 radical (unpaired) electrons. The summed E-state index contributed by atoms with van der Waals surface area (Å²) in [6, 6.07) is 17.0. The smallest absolute Gasteiger partial charge is 0.234 e. The summed E-state index contributed by atoms with van der Waals surface area (Å²) >= 11 is 0. The SMILES string of the molecule is Cc1cccc(CN(CC(=O)NCCOc2cccc(C)c2)C2CC2)c1. The largest absolute Gasteiger partial charge is 0.492 e. The summed E-state index contributed by atoms with van der Waals surface area (Å²) < 4.78 is 5.68. The van der Waals surface area contributed by atoms with Gasteiger partial charge in [-0.2, -0.15) is 0 Å². The van der Waals surface area contributed by atoms with E-state index in [-0.39, 0.29) is 5.91 Å². The van der Waals surface area contributed by atoms with E-state index in [2.05, 4.69) is 41.4 Å². The van der Waals surface area contributed by atoms with Gasteiger partial charge in [-0.3, -0.25) is 9.69 Å². The molecule has 138 valence electrons. The third kappa shape index (κ3) is 5.88. The topological polar surface area (TPSA) is 41.6 Å². The third-order valence-electron chi connectivity index (χ3n) is 4.56. The van der Waals surface area contributed by atoms with E-state index in [1.165, 1.54) is 29.5 Å². The normalized spacial score (nSPS) is 13.7. The minimum atomic E-state index is 0.0670. The lowest BCUT2D eigenvalue weighted by Gasteiger charge is -2.21. The van der Waals surface area contributed by atoms with Gasteiger partial charge in [0.1, 0.15) is 12.4 Å². The van der Waals surface area contributed by atoms with Crippen LogP contribution in [0.5, 0.6) is 5.75 Å². The molecule has 3 rings (SSSR count). The summed E-state index contributed by atoms with van der Waals surface area (Å²) in [5.74, 6) is 0.913. The van der Waals surface area contributed by atoms with Crippen molar-refractivity contribution >= 4 is 5.91 Å². The van der Waals surface area contributed by atoms with Crippen molar-refractivity contribution in [1.82, 2.24) is 10.2 Å². The van der Waals surface area contributed by atoms with Crippen LogP contribution < -0.4 is 10.1 Å². The molecule has 0 atom stereocenters. The van der Waals surface area contributed by atoms with Crippen LogP contribution in [0.1, 0.15) is 29.5 Å². The molecule has 0 aliphatic heterocycles. The first-order chi connectivity index (χ1) is 12.6. The maximum Gasteiger partial charge on any atom is 0.234 e. The molecular weight excluding hydrogens is 324 g/mol. The van der Waals surface area contributed by atoms with E-state index < -0.39 is 0 Å². The summed E-state index contributed by atoms with van der Waals surface area (Å²) in [5, 5.41) is 2.97. The number of nitrogens with zero attached hydrogens (tertiary/aromatic N) is 1. The number of amides is 1. The molecule has 4 nitrogen and oxygen atoms in total. The van der Waals surface area contributed by atoms with Crippen molar-refractivity contribution < 1.29 is 9.53 Å². The van der Waals surface area contributed by atoms with E-state index in [1.54, 1.807) is 0 Å². The van der Waals surface area contributed by atoms with Crippen LogP contribution in [-0.2, 0) is 11.3 Å². The lowest BCUT2D eigenvalue weighted by Crippen LogP contribution is -2.39. The van der Waals surface area contributed by atoms with Crippen molar-refractivity contribution in [2.45, 2.75) is 39.3 Å². The maximum atomic E-state index is 12.3. The van der Waals surface area contributed by atoms with Crippen molar-refractivity contribution in [3.05, 3.63) is 65.2 Å². The van der Waals surface area contributed by atoms with Gasteiger partial charge in [-0.25, -0.2) is 0 Å². The van der Waals surface area contributed by atoms with Gasteiger partial charge in [-0.05, 0) is 49.9 Å². The molecule has 0 heterocycles. The molecule has 2 aromatic carbocycles. The second kappa shape index (κ2) is 8.86. The van der Waals surface area contributed by atoms with Crippen LogP contribution in [0.2, 0.25) is 0 Å². The predicted molar refractivity (Wildman–Crippen MR) is 104 cm³/mol. The molecule has 1 amide bonds. The lowest BCUT2D eigenvalue weighted by molar-refractivity contribution is -0.122. The molecule has 2 aromatic rings. The summed E-state index contributed by atoms with van der Waals surface area (Å²) in [6.07, 6.45) is 2.38. The molecule has 1 saturated carbocycles. The van der Waals surface area contributed by atoms with Gasteiger partial charge in [0.25, 0.3) is 0 Å². The van der Waals surface area contributed by atoms with E-state index in [4.69, 9.17) is 4.74 Å². The fraction of sp³-hybridized carbons (Fsp3) is 0.409. The van der Waals surface area contributed by atoms with Crippen LogP contribution in [0.25, 0.3) is 0 Å². The Morgan fingerprint density at radius 2 is 1.85 bits per heavy atom. The number of nitrogens with one attached hydrogen (secondary N) is 1. The van der Waals surface area contributed by atoms with Crippen LogP contribution in [-0.4, -0.2) is 36.5 Å². The van der Waals surface area contributed by atoms with Crippen molar-refractivity contribution in [2.24, 2.45) is 0 Å². The second-order valence-electron chi connectivity index (χ2n) is 7.14. The Hall–Kier alpha value is -2.33. The molecule has 0 unspecified atom stereocenters. The highest BCUT2D eigenvalue weighted by Gasteiger charge is 2.30. The van der Waals surface area contributed by atoms with Crippen LogP contribution in [0.4, 0.5) is 0 Å². The van der Waals surface area contributed by atoms with Gasteiger partial charge >= 0.3 is 0 Å². The zero-order valence-electron chi connectivity index (χ0n) is 15.7. The van der Waals surface area contributed by atoms with Gasteiger partial charge < -0.3 is 10.1 Å². The average Bonchev–Trinajstić information content (AvgIpc) is 3.43. The molecule has 0 bridgehead atoms. The lowest BCUT2D eigenvalue weighted by atomic mass is 10.1. The van der Waals surface area contributed by atoms with Crippen molar-refractivity contribution in [1.29, 1.82) is 0 Å². The second-order valence-corrected chi connectivity index (χ2v) is 7.14. The van der Waals surface area contributed by atoms with Crippen molar-refractivity contribution in [3.63, 3.8) is 0 Å². The van der Waals surface area contributed by atoms with Crippen LogP contribution in [0.15, 0.2) is 48.5 Å². The van der Waals surface area contributed by atoms with E-state index in [0.717, 1.165) is 12.3 Å². The van der Waals surface area contributed by atoms with E-state index in [1.807, 2.05) is 31.2 Å². The highest BCUT2D eigenvalue weighted by molar-refractivity contribution is 5.78. The fourth-order valence-corrected chi connectivity index (χ4v) is 3.10. The highest BCUT2D eigenvalue weighted by Crippen LogP contribution is 2.28. The van der Waals surface area contributed by atoms with Crippen molar-refractivity contribution in [3.8, 4) is 5.75 Å². The summed E-state index contributed by atoms with van der Waals surface area (Å²) in [4.78, 5) is 14.6. The van der Waals surface area contributed by atoms with Crippen LogP contribution in [0, 0.1) is 13.8 Å². The number of ether oxygens (including phenoxy) is 1. The predicted octanol–water partition coefficient (Wildman–Crippen LogP) is 3.46. The number of hydrogen-bond donors (Lipinski definition) is 1. The summed E-state index contributed by atoms with van der Waals surface area (Å²) in [6.45, 7) is 6.43. The minimum absolute atomic E-state index is 0.0670. The molecule has 1 aliphatic carbocycles. The summed E-state index contributed by atoms with van der Waals surface area (Å²) in [5.41, 5.74) is 3.70. The molecule has 1 N–H and O–H groups in total. The minimum Gasteiger partial charge on any atom is -0.492 e. The number of rotatable bonds is 9. The van der Waals surface area contributed by atoms with Gasteiger partial charge in [-0.15, -0.1) is 0 Å². The first-order valence-corrected chi connectivity index (χ1v) is 9.36. The molecule has 0 aromatic heterocycles. The van der Waals surface area contributed by atoms with E-state index in [0.29, 0.717) is 25.7 Å². The van der Waals surface area contributed by atoms with Gasteiger partial charge in [0.15, 0.2) is 0 Å². The Labute approximate surface area is 156 Å². The van der Waals surface area contributed by atoms with E-state index >= 15 is 0 Å². The highest BCUT2D eigenvalue weighted by atomic mass is 16.5. The Morgan fingerprint density at radius 3 is 2.54 bits per heavy atom. The molecule has 0 spiro atoms.